The monoisotopic (exact) mass is 404 g/mol. The third-order valence-electron chi connectivity index (χ3n) is 5.48. The van der Waals surface area contributed by atoms with E-state index in [1.807, 2.05) is 29.2 Å². The quantitative estimate of drug-likeness (QED) is 0.668. The van der Waals surface area contributed by atoms with Crippen molar-refractivity contribution in [3.63, 3.8) is 0 Å². The summed E-state index contributed by atoms with van der Waals surface area (Å²) in [5.41, 5.74) is 3.00. The van der Waals surface area contributed by atoms with Gasteiger partial charge in [0.15, 0.2) is 0 Å². The summed E-state index contributed by atoms with van der Waals surface area (Å²) in [6, 6.07) is 10.8. The molecule has 30 heavy (non-hydrogen) atoms. The molecule has 154 valence electrons. The maximum atomic E-state index is 13.0. The minimum absolute atomic E-state index is 0.0628. The molecule has 0 unspecified atom stereocenters. The second kappa shape index (κ2) is 8.49. The highest BCUT2D eigenvalue weighted by Crippen LogP contribution is 2.28. The average molecular weight is 404 g/mol. The smallest absolute Gasteiger partial charge is 0.255 e. The van der Waals surface area contributed by atoms with Crippen LogP contribution in [0, 0.1) is 0 Å². The van der Waals surface area contributed by atoms with Gasteiger partial charge >= 0.3 is 0 Å². The predicted molar refractivity (Wildman–Crippen MR) is 114 cm³/mol. The minimum Gasteiger partial charge on any atom is -0.497 e. The summed E-state index contributed by atoms with van der Waals surface area (Å²) in [6.07, 6.45) is 6.97. The van der Waals surface area contributed by atoms with E-state index in [4.69, 9.17) is 9.72 Å². The van der Waals surface area contributed by atoms with Crippen molar-refractivity contribution in [2.45, 2.75) is 18.8 Å². The van der Waals surface area contributed by atoms with Crippen LogP contribution in [-0.2, 0) is 7.05 Å². The van der Waals surface area contributed by atoms with Gasteiger partial charge in [0.2, 0.25) is 5.56 Å². The number of pyridine rings is 1. The number of carbonyl (C=O) groups excluding carboxylic acids is 1. The van der Waals surface area contributed by atoms with Gasteiger partial charge in [-0.25, -0.2) is 4.98 Å². The van der Waals surface area contributed by atoms with Gasteiger partial charge in [0.25, 0.3) is 5.91 Å². The number of amides is 1. The molecule has 0 bridgehead atoms. The van der Waals surface area contributed by atoms with Crippen LogP contribution in [0.25, 0.3) is 11.3 Å². The van der Waals surface area contributed by atoms with E-state index in [9.17, 15) is 9.59 Å². The Balaban J connectivity index is 1.55. The van der Waals surface area contributed by atoms with Crippen LogP contribution in [0.2, 0.25) is 0 Å². The zero-order valence-electron chi connectivity index (χ0n) is 17.1. The molecule has 4 rings (SSSR count). The zero-order valence-corrected chi connectivity index (χ0v) is 17.1. The van der Waals surface area contributed by atoms with Crippen molar-refractivity contribution in [1.82, 2.24) is 19.4 Å². The van der Waals surface area contributed by atoms with Gasteiger partial charge in [0.1, 0.15) is 5.75 Å². The molecule has 1 fully saturated rings. The van der Waals surface area contributed by atoms with Crippen LogP contribution in [0.1, 0.15) is 34.8 Å². The van der Waals surface area contributed by atoms with Crippen molar-refractivity contribution in [1.29, 1.82) is 0 Å². The Hall–Kier alpha value is -3.48. The molecule has 7 heteroatoms. The summed E-state index contributed by atoms with van der Waals surface area (Å²) in [7, 11) is 3.29. The molecule has 3 heterocycles. The van der Waals surface area contributed by atoms with Gasteiger partial charge in [-0.15, -0.1) is 0 Å². The standard InChI is InChI=1S/C23H24N4O3/c1-26-14-18(8-9-22(26)28)23(29)27-10-4-6-17(15-27)21-13-24-12-20(25-21)16-5-3-7-19(11-16)30-2/h3,5,7-9,11-14,17H,4,6,10,15H2,1-2H3/t17-/m0/s1. The summed E-state index contributed by atoms with van der Waals surface area (Å²) in [5.74, 6) is 0.826. The van der Waals surface area contributed by atoms with Crippen LogP contribution in [0.3, 0.4) is 0 Å². The summed E-state index contributed by atoms with van der Waals surface area (Å²) < 4.78 is 6.74. The number of rotatable bonds is 4. The van der Waals surface area contributed by atoms with Crippen molar-refractivity contribution in [2.75, 3.05) is 20.2 Å². The van der Waals surface area contributed by atoms with E-state index in [0.29, 0.717) is 18.7 Å². The van der Waals surface area contributed by atoms with Gasteiger partial charge in [0, 0.05) is 50.1 Å². The highest BCUT2D eigenvalue weighted by Gasteiger charge is 2.27. The molecule has 1 saturated heterocycles. The van der Waals surface area contributed by atoms with Crippen molar-refractivity contribution in [3.8, 4) is 17.0 Å². The Morgan fingerprint density at radius 2 is 2.07 bits per heavy atom. The largest absolute Gasteiger partial charge is 0.497 e. The molecule has 3 aromatic rings. The molecule has 1 aliphatic heterocycles. The molecule has 7 nitrogen and oxygen atoms in total. The lowest BCUT2D eigenvalue weighted by Gasteiger charge is -2.32. The first kappa shape index (κ1) is 19.8. The molecule has 0 spiro atoms. The topological polar surface area (TPSA) is 77.3 Å². The number of likely N-dealkylation sites (tertiary alicyclic amines) is 1. The molecule has 1 aliphatic rings. The molecule has 0 N–H and O–H groups in total. The Labute approximate surface area is 175 Å². The number of hydrogen-bond acceptors (Lipinski definition) is 5. The van der Waals surface area contributed by atoms with E-state index in [-0.39, 0.29) is 17.4 Å². The number of ether oxygens (including phenoxy) is 1. The number of hydrogen-bond donors (Lipinski definition) is 0. The third kappa shape index (κ3) is 4.10. The Kier molecular flexibility index (Phi) is 5.61. The highest BCUT2D eigenvalue weighted by atomic mass is 16.5. The molecule has 2 aromatic heterocycles. The first-order chi connectivity index (χ1) is 14.5. The van der Waals surface area contributed by atoms with E-state index >= 15 is 0 Å². The number of methoxy groups -OCH3 is 1. The zero-order chi connectivity index (χ0) is 21.1. The molecule has 0 radical (unpaired) electrons. The number of piperidine rings is 1. The lowest BCUT2D eigenvalue weighted by atomic mass is 9.94. The fourth-order valence-electron chi connectivity index (χ4n) is 3.81. The SMILES string of the molecule is COc1cccc(-c2cncc([C@H]3CCCN(C(=O)c4ccc(=O)n(C)c4)C3)n2)c1. The average Bonchev–Trinajstić information content (AvgIpc) is 2.80. The predicted octanol–water partition coefficient (Wildman–Crippen LogP) is 2.87. The van der Waals surface area contributed by atoms with Crippen molar-refractivity contribution >= 4 is 5.91 Å². The van der Waals surface area contributed by atoms with Gasteiger partial charge in [0.05, 0.1) is 30.3 Å². The maximum Gasteiger partial charge on any atom is 0.255 e. The summed E-state index contributed by atoms with van der Waals surface area (Å²) in [5, 5.41) is 0. The van der Waals surface area contributed by atoms with Gasteiger partial charge in [-0.3, -0.25) is 14.6 Å². The lowest BCUT2D eigenvalue weighted by molar-refractivity contribution is 0.0705. The molecular weight excluding hydrogens is 380 g/mol. The lowest BCUT2D eigenvalue weighted by Crippen LogP contribution is -2.39. The van der Waals surface area contributed by atoms with Gasteiger partial charge in [-0.05, 0) is 31.0 Å². The first-order valence-electron chi connectivity index (χ1n) is 9.97. The summed E-state index contributed by atoms with van der Waals surface area (Å²) in [6.45, 7) is 1.28. The van der Waals surface area contributed by atoms with Gasteiger partial charge in [-0.2, -0.15) is 0 Å². The third-order valence-corrected chi connectivity index (χ3v) is 5.48. The first-order valence-corrected chi connectivity index (χ1v) is 9.97. The molecule has 1 atom stereocenters. The van der Waals surface area contributed by atoms with E-state index in [1.54, 1.807) is 38.8 Å². The van der Waals surface area contributed by atoms with Gasteiger partial charge in [-0.1, -0.05) is 12.1 Å². The van der Waals surface area contributed by atoms with Crippen LogP contribution in [0.5, 0.6) is 5.75 Å². The van der Waals surface area contributed by atoms with Crippen LogP contribution in [0.4, 0.5) is 0 Å². The fraction of sp³-hybridized carbons (Fsp3) is 0.304. The normalized spacial score (nSPS) is 16.3. The second-order valence-corrected chi connectivity index (χ2v) is 7.52. The van der Waals surface area contributed by atoms with Gasteiger partial charge < -0.3 is 14.2 Å². The number of nitrogens with zero attached hydrogens (tertiary/aromatic N) is 4. The number of benzene rings is 1. The number of aryl methyl sites for hydroxylation is 1. The van der Waals surface area contributed by atoms with Crippen LogP contribution in [-0.4, -0.2) is 45.5 Å². The minimum atomic E-state index is -0.132. The van der Waals surface area contributed by atoms with Crippen molar-refractivity contribution in [2.24, 2.45) is 7.05 Å². The maximum absolute atomic E-state index is 13.0. The molecular formula is C23H24N4O3. The highest BCUT2D eigenvalue weighted by molar-refractivity contribution is 5.94. The van der Waals surface area contributed by atoms with Crippen molar-refractivity contribution < 1.29 is 9.53 Å². The van der Waals surface area contributed by atoms with E-state index in [0.717, 1.165) is 35.5 Å². The van der Waals surface area contributed by atoms with Crippen LogP contribution < -0.4 is 10.3 Å². The molecule has 1 amide bonds. The second-order valence-electron chi connectivity index (χ2n) is 7.52. The fourth-order valence-corrected chi connectivity index (χ4v) is 3.81. The van der Waals surface area contributed by atoms with Crippen molar-refractivity contribution in [3.05, 3.63) is 76.6 Å². The summed E-state index contributed by atoms with van der Waals surface area (Å²) >= 11 is 0. The molecule has 0 aliphatic carbocycles. The van der Waals surface area contributed by atoms with E-state index in [1.165, 1.54) is 10.6 Å². The Morgan fingerprint density at radius 1 is 1.20 bits per heavy atom. The Bertz CT molecular complexity index is 1130. The number of carbonyl (C=O) groups is 1. The summed E-state index contributed by atoms with van der Waals surface area (Å²) in [4.78, 5) is 35.6. The van der Waals surface area contributed by atoms with Crippen LogP contribution in [0.15, 0.2) is 59.8 Å². The van der Waals surface area contributed by atoms with E-state index in [2.05, 4.69) is 4.98 Å². The Morgan fingerprint density at radius 3 is 2.87 bits per heavy atom. The van der Waals surface area contributed by atoms with Crippen LogP contribution >= 0.6 is 0 Å². The molecule has 0 saturated carbocycles. The molecule has 1 aromatic carbocycles. The van der Waals surface area contributed by atoms with E-state index < -0.39 is 0 Å². The number of aromatic nitrogens is 3.